The van der Waals surface area contributed by atoms with E-state index in [1.54, 1.807) is 0 Å². The third kappa shape index (κ3) is 3.25. The number of rotatable bonds is 4. The molecule has 0 N–H and O–H groups in total. The van der Waals surface area contributed by atoms with Gasteiger partial charge in [-0.05, 0) is 11.1 Å². The highest BCUT2D eigenvalue weighted by Crippen LogP contribution is 2.28. The quantitative estimate of drug-likeness (QED) is 0.654. The van der Waals surface area contributed by atoms with Crippen molar-refractivity contribution in [3.8, 4) is 11.1 Å². The number of hydrogen-bond acceptors (Lipinski definition) is 3. The van der Waals surface area contributed by atoms with E-state index in [9.17, 15) is 4.79 Å². The first-order chi connectivity index (χ1) is 12.3. The molecule has 1 fully saturated rings. The number of benzene rings is 3. The fourth-order valence-corrected chi connectivity index (χ4v) is 3.05. The van der Waals surface area contributed by atoms with Crippen molar-refractivity contribution in [1.82, 2.24) is 0 Å². The van der Waals surface area contributed by atoms with Crippen molar-refractivity contribution in [2.45, 2.75) is 6.29 Å². The molecule has 3 aromatic rings. The fourth-order valence-electron chi connectivity index (χ4n) is 3.05. The van der Waals surface area contributed by atoms with E-state index in [1.807, 2.05) is 66.7 Å². The fraction of sp³-hybridized carbons (Fsp3) is 0.136. The maximum Gasteiger partial charge on any atom is 0.193 e. The van der Waals surface area contributed by atoms with Crippen LogP contribution in [0.4, 0.5) is 0 Å². The largest absolute Gasteiger partial charge is 0.346 e. The van der Waals surface area contributed by atoms with Gasteiger partial charge >= 0.3 is 0 Å². The van der Waals surface area contributed by atoms with Crippen molar-refractivity contribution in [1.29, 1.82) is 0 Å². The summed E-state index contributed by atoms with van der Waals surface area (Å²) in [6.45, 7) is 1.11. The van der Waals surface area contributed by atoms with Crippen molar-refractivity contribution in [3.05, 3.63) is 95.6 Å². The summed E-state index contributed by atoms with van der Waals surface area (Å²) < 4.78 is 11.1. The van der Waals surface area contributed by atoms with E-state index in [1.165, 1.54) is 0 Å². The minimum atomic E-state index is -0.455. The van der Waals surface area contributed by atoms with Crippen LogP contribution in [0.25, 0.3) is 11.1 Å². The first-order valence-corrected chi connectivity index (χ1v) is 8.35. The smallest absolute Gasteiger partial charge is 0.193 e. The Bertz CT molecular complexity index is 863. The Morgan fingerprint density at radius 1 is 0.720 bits per heavy atom. The van der Waals surface area contributed by atoms with Crippen LogP contribution < -0.4 is 0 Å². The molecule has 124 valence electrons. The molecule has 0 amide bonds. The first kappa shape index (κ1) is 15.8. The zero-order valence-electron chi connectivity index (χ0n) is 13.7. The highest BCUT2D eigenvalue weighted by Gasteiger charge is 2.24. The summed E-state index contributed by atoms with van der Waals surface area (Å²) in [5, 5.41) is 0. The number of ketones is 1. The maximum atomic E-state index is 13.0. The lowest BCUT2D eigenvalue weighted by Gasteiger charge is -2.14. The molecule has 0 aliphatic carbocycles. The van der Waals surface area contributed by atoms with Gasteiger partial charge < -0.3 is 9.47 Å². The first-order valence-electron chi connectivity index (χ1n) is 8.35. The van der Waals surface area contributed by atoms with Gasteiger partial charge in [-0.25, -0.2) is 0 Å². The summed E-state index contributed by atoms with van der Waals surface area (Å²) in [4.78, 5) is 13.0. The molecule has 0 unspecified atom stereocenters. The molecule has 1 aliphatic rings. The molecule has 0 radical (unpaired) electrons. The van der Waals surface area contributed by atoms with Crippen LogP contribution in [0.2, 0.25) is 0 Å². The van der Waals surface area contributed by atoms with Gasteiger partial charge in [-0.15, -0.1) is 0 Å². The molecule has 1 heterocycles. The second kappa shape index (κ2) is 7.01. The van der Waals surface area contributed by atoms with Crippen molar-refractivity contribution in [3.63, 3.8) is 0 Å². The van der Waals surface area contributed by atoms with Crippen LogP contribution in [0.1, 0.15) is 27.8 Å². The molecule has 1 saturated heterocycles. The molecule has 0 bridgehead atoms. The lowest BCUT2D eigenvalue weighted by Crippen LogP contribution is -2.09. The lowest BCUT2D eigenvalue weighted by molar-refractivity contribution is -0.0444. The van der Waals surface area contributed by atoms with Gasteiger partial charge in [-0.3, -0.25) is 4.79 Å². The Hall–Kier alpha value is -2.75. The van der Waals surface area contributed by atoms with E-state index in [-0.39, 0.29) is 5.78 Å². The van der Waals surface area contributed by atoms with Crippen molar-refractivity contribution < 1.29 is 14.3 Å². The second-order valence-corrected chi connectivity index (χ2v) is 5.93. The van der Waals surface area contributed by atoms with Crippen LogP contribution >= 0.6 is 0 Å². The predicted molar refractivity (Wildman–Crippen MR) is 96.4 cm³/mol. The minimum Gasteiger partial charge on any atom is -0.346 e. The molecule has 0 aromatic heterocycles. The number of hydrogen-bond donors (Lipinski definition) is 0. The summed E-state index contributed by atoms with van der Waals surface area (Å²) >= 11 is 0. The molecule has 0 saturated carbocycles. The standard InChI is InChI=1S/C22H18O3/c23-21(19-8-4-5-9-20(19)22-24-14-15-25-22)18-12-10-17(11-13-18)16-6-2-1-3-7-16/h1-13,22H,14-15H2. The minimum absolute atomic E-state index is 0.0192. The van der Waals surface area contributed by atoms with Crippen molar-refractivity contribution in [2.24, 2.45) is 0 Å². The second-order valence-electron chi connectivity index (χ2n) is 5.93. The number of ether oxygens (including phenoxy) is 2. The van der Waals surface area contributed by atoms with Crippen LogP contribution in [0.3, 0.4) is 0 Å². The highest BCUT2D eigenvalue weighted by atomic mass is 16.7. The maximum absolute atomic E-state index is 13.0. The molecule has 3 heteroatoms. The van der Waals surface area contributed by atoms with Gasteiger partial charge in [0.05, 0.1) is 13.2 Å². The van der Waals surface area contributed by atoms with Crippen LogP contribution in [0.15, 0.2) is 78.9 Å². The molecule has 3 nitrogen and oxygen atoms in total. The summed E-state index contributed by atoms with van der Waals surface area (Å²) in [6, 6.07) is 25.3. The van der Waals surface area contributed by atoms with E-state index in [0.717, 1.165) is 16.7 Å². The summed E-state index contributed by atoms with van der Waals surface area (Å²) in [5.74, 6) is -0.0192. The van der Waals surface area contributed by atoms with E-state index in [2.05, 4.69) is 12.1 Å². The van der Waals surface area contributed by atoms with E-state index < -0.39 is 6.29 Å². The average molecular weight is 330 g/mol. The zero-order chi connectivity index (χ0) is 17.1. The molecule has 0 spiro atoms. The predicted octanol–water partition coefficient (Wildman–Crippen LogP) is 4.63. The summed E-state index contributed by atoms with van der Waals surface area (Å²) in [5.41, 5.74) is 4.30. The summed E-state index contributed by atoms with van der Waals surface area (Å²) in [6.07, 6.45) is -0.455. The van der Waals surface area contributed by atoms with E-state index in [0.29, 0.717) is 24.3 Å². The van der Waals surface area contributed by atoms with Gasteiger partial charge in [-0.2, -0.15) is 0 Å². The third-order valence-electron chi connectivity index (χ3n) is 4.34. The van der Waals surface area contributed by atoms with Gasteiger partial charge in [0.1, 0.15) is 0 Å². The Kier molecular flexibility index (Phi) is 4.42. The molecule has 25 heavy (non-hydrogen) atoms. The Morgan fingerprint density at radius 3 is 2.04 bits per heavy atom. The van der Waals surface area contributed by atoms with Crippen molar-refractivity contribution in [2.75, 3.05) is 13.2 Å². The van der Waals surface area contributed by atoms with Crippen LogP contribution in [0.5, 0.6) is 0 Å². The van der Waals surface area contributed by atoms with Crippen LogP contribution in [-0.2, 0) is 9.47 Å². The monoisotopic (exact) mass is 330 g/mol. The van der Waals surface area contributed by atoms with Gasteiger partial charge in [0.2, 0.25) is 0 Å². The highest BCUT2D eigenvalue weighted by molar-refractivity contribution is 6.10. The van der Waals surface area contributed by atoms with Gasteiger partial charge in [0.25, 0.3) is 0 Å². The molecule has 4 rings (SSSR count). The normalized spacial score (nSPS) is 14.6. The van der Waals surface area contributed by atoms with Gasteiger partial charge in [-0.1, -0.05) is 78.9 Å². The van der Waals surface area contributed by atoms with Gasteiger partial charge in [0.15, 0.2) is 12.1 Å². The Labute approximate surface area is 146 Å². The van der Waals surface area contributed by atoms with Crippen molar-refractivity contribution >= 4 is 5.78 Å². The van der Waals surface area contributed by atoms with Crippen LogP contribution in [0, 0.1) is 0 Å². The molecule has 3 aromatic carbocycles. The van der Waals surface area contributed by atoms with Gasteiger partial charge in [0, 0.05) is 16.7 Å². The Balaban J connectivity index is 1.63. The molecule has 0 atom stereocenters. The lowest BCUT2D eigenvalue weighted by atomic mass is 9.96. The zero-order valence-corrected chi connectivity index (χ0v) is 13.7. The van der Waals surface area contributed by atoms with E-state index >= 15 is 0 Å². The number of carbonyl (C=O) groups is 1. The topological polar surface area (TPSA) is 35.5 Å². The van der Waals surface area contributed by atoms with Crippen LogP contribution in [-0.4, -0.2) is 19.0 Å². The average Bonchev–Trinajstić information content (AvgIpc) is 3.23. The number of carbonyl (C=O) groups excluding carboxylic acids is 1. The molecular formula is C22H18O3. The Morgan fingerprint density at radius 2 is 1.32 bits per heavy atom. The summed E-state index contributed by atoms with van der Waals surface area (Å²) in [7, 11) is 0. The SMILES string of the molecule is O=C(c1ccc(-c2ccccc2)cc1)c1ccccc1C1OCCO1. The third-order valence-corrected chi connectivity index (χ3v) is 4.34. The molecular weight excluding hydrogens is 312 g/mol. The molecule has 1 aliphatic heterocycles. The van der Waals surface area contributed by atoms with E-state index in [4.69, 9.17) is 9.47 Å².